The minimum Gasteiger partial charge on any atom is -0.349 e. The van der Waals surface area contributed by atoms with Crippen LogP contribution in [0.2, 0.25) is 5.02 Å². The fraction of sp³-hybridized carbons (Fsp3) is 0.333. The summed E-state index contributed by atoms with van der Waals surface area (Å²) >= 11 is 5.95. The Morgan fingerprint density at radius 3 is 2.90 bits per heavy atom. The quantitative estimate of drug-likeness (QED) is 0.771. The minimum atomic E-state index is -0.172. The highest BCUT2D eigenvalue weighted by molar-refractivity contribution is 6.30. The Hall–Kier alpha value is -1.85. The lowest BCUT2D eigenvalue weighted by Gasteiger charge is -2.04. The monoisotopic (exact) mass is 306 g/mol. The number of amides is 1. The lowest BCUT2D eigenvalue weighted by Crippen LogP contribution is -2.32. The first-order valence-electron chi connectivity index (χ1n) is 7.01. The molecule has 0 aliphatic heterocycles. The molecule has 0 fully saturated rings. The van der Waals surface area contributed by atoms with E-state index in [0.29, 0.717) is 17.3 Å². The maximum atomic E-state index is 11.9. The zero-order valence-corrected chi connectivity index (χ0v) is 12.7. The topological polar surface area (TPSA) is 58.9 Å². The van der Waals surface area contributed by atoms with Crippen molar-refractivity contribution in [2.75, 3.05) is 19.6 Å². The molecule has 0 atom stereocenters. The van der Waals surface area contributed by atoms with Gasteiger partial charge in [-0.05, 0) is 37.2 Å². The van der Waals surface area contributed by atoms with Gasteiger partial charge in [-0.15, -0.1) is 0 Å². The molecular weight excluding hydrogens is 288 g/mol. The number of hydrogen-bond acceptors (Lipinski definition) is 3. The standard InChI is InChI=1S/C15H19ClN4O/c1-2-7-17-8-9-18-15(21)14-6-10-20(19-14)13-5-3-4-12(16)11-13/h3-6,10-11,17H,2,7-9H2,1H3,(H,18,21). The molecule has 1 heterocycles. The number of aromatic nitrogens is 2. The van der Waals surface area contributed by atoms with Crippen molar-refractivity contribution in [2.45, 2.75) is 13.3 Å². The van der Waals surface area contributed by atoms with Crippen molar-refractivity contribution in [3.63, 3.8) is 0 Å². The van der Waals surface area contributed by atoms with Crippen LogP contribution < -0.4 is 10.6 Å². The number of hydrogen-bond donors (Lipinski definition) is 2. The number of nitrogens with one attached hydrogen (secondary N) is 2. The van der Waals surface area contributed by atoms with E-state index in [4.69, 9.17) is 11.6 Å². The van der Waals surface area contributed by atoms with Crippen LogP contribution in [0.3, 0.4) is 0 Å². The Morgan fingerprint density at radius 2 is 2.14 bits per heavy atom. The predicted octanol–water partition coefficient (Wildman–Crippen LogP) is 2.26. The second-order valence-electron chi connectivity index (χ2n) is 4.63. The van der Waals surface area contributed by atoms with Crippen LogP contribution in [-0.2, 0) is 0 Å². The summed E-state index contributed by atoms with van der Waals surface area (Å²) in [5, 5.41) is 11.0. The van der Waals surface area contributed by atoms with Gasteiger partial charge in [-0.2, -0.15) is 5.10 Å². The molecule has 6 heteroatoms. The molecule has 0 saturated carbocycles. The van der Waals surface area contributed by atoms with E-state index in [2.05, 4.69) is 22.7 Å². The highest BCUT2D eigenvalue weighted by Gasteiger charge is 2.09. The maximum Gasteiger partial charge on any atom is 0.271 e. The molecule has 112 valence electrons. The van der Waals surface area contributed by atoms with E-state index < -0.39 is 0 Å². The summed E-state index contributed by atoms with van der Waals surface area (Å²) in [7, 11) is 0. The second-order valence-corrected chi connectivity index (χ2v) is 5.07. The largest absolute Gasteiger partial charge is 0.349 e. The third-order valence-corrected chi connectivity index (χ3v) is 3.14. The predicted molar refractivity (Wildman–Crippen MR) is 84.1 cm³/mol. The molecule has 0 aliphatic rings. The molecule has 2 aromatic rings. The van der Waals surface area contributed by atoms with Gasteiger partial charge in [0.15, 0.2) is 5.69 Å². The van der Waals surface area contributed by atoms with Crippen molar-refractivity contribution in [1.29, 1.82) is 0 Å². The lowest BCUT2D eigenvalue weighted by molar-refractivity contribution is 0.0948. The van der Waals surface area contributed by atoms with Crippen LogP contribution in [0.25, 0.3) is 5.69 Å². The van der Waals surface area contributed by atoms with E-state index in [1.165, 1.54) is 0 Å². The molecule has 0 bridgehead atoms. The molecule has 21 heavy (non-hydrogen) atoms. The van der Waals surface area contributed by atoms with Crippen molar-refractivity contribution in [3.05, 3.63) is 47.2 Å². The number of halogens is 1. The first-order valence-corrected chi connectivity index (χ1v) is 7.39. The van der Waals surface area contributed by atoms with Crippen LogP contribution in [0.15, 0.2) is 36.5 Å². The highest BCUT2D eigenvalue weighted by atomic mass is 35.5. The van der Waals surface area contributed by atoms with Gasteiger partial charge in [0.05, 0.1) is 5.69 Å². The average Bonchev–Trinajstić information content (AvgIpc) is 2.97. The Balaban J connectivity index is 1.92. The van der Waals surface area contributed by atoms with Crippen LogP contribution in [0, 0.1) is 0 Å². The van der Waals surface area contributed by atoms with Gasteiger partial charge in [-0.3, -0.25) is 4.79 Å². The molecule has 2 rings (SSSR count). The zero-order chi connectivity index (χ0) is 15.1. The Labute approximate surface area is 129 Å². The van der Waals surface area contributed by atoms with Gasteiger partial charge in [0, 0.05) is 24.3 Å². The Bertz CT molecular complexity index is 597. The van der Waals surface area contributed by atoms with Crippen molar-refractivity contribution in [2.24, 2.45) is 0 Å². The van der Waals surface area contributed by atoms with Gasteiger partial charge >= 0.3 is 0 Å². The number of rotatable bonds is 7. The fourth-order valence-electron chi connectivity index (χ4n) is 1.86. The summed E-state index contributed by atoms with van der Waals surface area (Å²) in [6.07, 6.45) is 2.83. The van der Waals surface area contributed by atoms with Gasteiger partial charge in [-0.25, -0.2) is 4.68 Å². The Morgan fingerprint density at radius 1 is 1.29 bits per heavy atom. The van der Waals surface area contributed by atoms with Gasteiger partial charge in [0.1, 0.15) is 0 Å². The molecule has 0 unspecified atom stereocenters. The smallest absolute Gasteiger partial charge is 0.271 e. The van der Waals surface area contributed by atoms with Gasteiger partial charge in [0.2, 0.25) is 0 Å². The minimum absolute atomic E-state index is 0.172. The number of carbonyl (C=O) groups excluding carboxylic acids is 1. The van der Waals surface area contributed by atoms with Crippen molar-refractivity contribution >= 4 is 17.5 Å². The van der Waals surface area contributed by atoms with Gasteiger partial charge in [0.25, 0.3) is 5.91 Å². The number of nitrogens with zero attached hydrogens (tertiary/aromatic N) is 2. The summed E-state index contributed by atoms with van der Waals surface area (Å²) in [6.45, 7) is 4.41. The highest BCUT2D eigenvalue weighted by Crippen LogP contribution is 2.14. The van der Waals surface area contributed by atoms with Crippen LogP contribution in [0.4, 0.5) is 0 Å². The van der Waals surface area contributed by atoms with Crippen molar-refractivity contribution in [1.82, 2.24) is 20.4 Å². The molecular formula is C15H19ClN4O. The molecule has 1 amide bonds. The molecule has 2 N–H and O–H groups in total. The van der Waals surface area contributed by atoms with Crippen molar-refractivity contribution < 1.29 is 4.79 Å². The first-order chi connectivity index (χ1) is 10.2. The molecule has 1 aromatic heterocycles. The fourth-order valence-corrected chi connectivity index (χ4v) is 2.05. The lowest BCUT2D eigenvalue weighted by atomic mass is 10.3. The van der Waals surface area contributed by atoms with Crippen molar-refractivity contribution in [3.8, 4) is 5.69 Å². The van der Waals surface area contributed by atoms with E-state index >= 15 is 0 Å². The first kappa shape index (κ1) is 15.5. The molecule has 0 spiro atoms. The zero-order valence-electron chi connectivity index (χ0n) is 12.0. The molecule has 0 saturated heterocycles. The van der Waals surface area contributed by atoms with Crippen LogP contribution in [0.1, 0.15) is 23.8 Å². The average molecular weight is 307 g/mol. The SMILES string of the molecule is CCCNCCNC(=O)c1ccn(-c2cccc(Cl)c2)n1. The summed E-state index contributed by atoms with van der Waals surface area (Å²) in [4.78, 5) is 11.9. The van der Waals surface area contributed by atoms with Crippen LogP contribution in [0.5, 0.6) is 0 Å². The summed E-state index contributed by atoms with van der Waals surface area (Å²) in [5.74, 6) is -0.172. The summed E-state index contributed by atoms with van der Waals surface area (Å²) in [6, 6.07) is 9.01. The van der Waals surface area contributed by atoms with E-state index in [1.807, 2.05) is 12.1 Å². The molecule has 0 aliphatic carbocycles. The van der Waals surface area contributed by atoms with E-state index in [9.17, 15) is 4.79 Å². The third kappa shape index (κ3) is 4.58. The normalized spacial score (nSPS) is 10.6. The second kappa shape index (κ2) is 7.81. The molecule has 0 radical (unpaired) electrons. The van der Waals surface area contributed by atoms with Crippen LogP contribution >= 0.6 is 11.6 Å². The number of benzene rings is 1. The van der Waals surface area contributed by atoms with E-state index in [0.717, 1.165) is 25.2 Å². The van der Waals surface area contributed by atoms with E-state index in [-0.39, 0.29) is 5.91 Å². The van der Waals surface area contributed by atoms with Gasteiger partial charge < -0.3 is 10.6 Å². The Kier molecular flexibility index (Phi) is 5.78. The number of carbonyl (C=O) groups is 1. The molecule has 5 nitrogen and oxygen atoms in total. The summed E-state index contributed by atoms with van der Waals surface area (Å²) < 4.78 is 1.64. The third-order valence-electron chi connectivity index (χ3n) is 2.91. The van der Waals surface area contributed by atoms with E-state index in [1.54, 1.807) is 29.1 Å². The maximum absolute atomic E-state index is 11.9. The summed E-state index contributed by atoms with van der Waals surface area (Å²) in [5.41, 5.74) is 1.22. The van der Waals surface area contributed by atoms with Gasteiger partial charge in [-0.1, -0.05) is 24.6 Å². The molecule has 1 aromatic carbocycles. The van der Waals surface area contributed by atoms with Crippen LogP contribution in [-0.4, -0.2) is 35.3 Å².